The lowest BCUT2D eigenvalue weighted by Gasteiger charge is -2.25. The molecule has 0 radical (unpaired) electrons. The number of nitrogens with zero attached hydrogens (tertiary/aromatic N) is 2. The molecule has 18 heavy (non-hydrogen) atoms. The Labute approximate surface area is 106 Å². The molecule has 96 valence electrons. The molecule has 1 aliphatic heterocycles. The maximum atomic E-state index is 12.4. The van der Waals surface area contributed by atoms with Crippen molar-refractivity contribution in [1.29, 1.82) is 0 Å². The van der Waals surface area contributed by atoms with E-state index in [1.165, 1.54) is 4.90 Å². The molecule has 0 N–H and O–H groups in total. The molecule has 0 aromatic heterocycles. The van der Waals surface area contributed by atoms with Gasteiger partial charge in [0.05, 0.1) is 0 Å². The van der Waals surface area contributed by atoms with Crippen molar-refractivity contribution in [3.63, 3.8) is 0 Å². The summed E-state index contributed by atoms with van der Waals surface area (Å²) >= 11 is 0. The van der Waals surface area contributed by atoms with Gasteiger partial charge < -0.3 is 9.64 Å². The summed E-state index contributed by atoms with van der Waals surface area (Å²) in [6.45, 7) is 2.58. The quantitative estimate of drug-likeness (QED) is 0.814. The van der Waals surface area contributed by atoms with Gasteiger partial charge in [-0.15, -0.1) is 0 Å². The Morgan fingerprint density at radius 1 is 1.44 bits per heavy atom. The number of benzene rings is 1. The van der Waals surface area contributed by atoms with E-state index < -0.39 is 12.1 Å². The van der Waals surface area contributed by atoms with Gasteiger partial charge in [0.1, 0.15) is 12.6 Å². The number of anilines is 1. The Balaban J connectivity index is 2.19. The molecule has 0 aliphatic carbocycles. The SMILES string of the molecule is CCN(C(=O)C1COC(=O)N1C)c1ccccc1. The van der Waals surface area contributed by atoms with Crippen molar-refractivity contribution in [3.05, 3.63) is 30.3 Å². The van der Waals surface area contributed by atoms with Crippen LogP contribution in [0.5, 0.6) is 0 Å². The van der Waals surface area contributed by atoms with Crippen molar-refractivity contribution in [2.45, 2.75) is 13.0 Å². The number of ether oxygens (including phenoxy) is 1. The summed E-state index contributed by atoms with van der Waals surface area (Å²) in [5.41, 5.74) is 0.831. The molecule has 2 amide bonds. The lowest BCUT2D eigenvalue weighted by Crippen LogP contribution is -2.46. The largest absolute Gasteiger partial charge is 0.447 e. The first-order chi connectivity index (χ1) is 8.65. The first kappa shape index (κ1) is 12.4. The Morgan fingerprint density at radius 2 is 2.11 bits per heavy atom. The van der Waals surface area contributed by atoms with Crippen LogP contribution in [0.4, 0.5) is 10.5 Å². The summed E-state index contributed by atoms with van der Waals surface area (Å²) < 4.78 is 4.87. The molecular formula is C13H16N2O3. The molecule has 0 spiro atoms. The van der Waals surface area contributed by atoms with Gasteiger partial charge in [0.2, 0.25) is 0 Å². The van der Waals surface area contributed by atoms with Gasteiger partial charge in [-0.1, -0.05) is 18.2 Å². The van der Waals surface area contributed by atoms with Gasteiger partial charge in [0, 0.05) is 19.3 Å². The van der Waals surface area contributed by atoms with Gasteiger partial charge in [-0.3, -0.25) is 9.69 Å². The van der Waals surface area contributed by atoms with Crippen LogP contribution in [0.15, 0.2) is 30.3 Å². The highest BCUT2D eigenvalue weighted by molar-refractivity contribution is 5.99. The van der Waals surface area contributed by atoms with Gasteiger partial charge >= 0.3 is 6.09 Å². The first-order valence-corrected chi connectivity index (χ1v) is 5.91. The van der Waals surface area contributed by atoms with E-state index in [9.17, 15) is 9.59 Å². The summed E-state index contributed by atoms with van der Waals surface area (Å²) in [5, 5.41) is 0. The Morgan fingerprint density at radius 3 is 2.61 bits per heavy atom. The summed E-state index contributed by atoms with van der Waals surface area (Å²) in [7, 11) is 1.58. The molecule has 0 saturated carbocycles. The van der Waals surface area contributed by atoms with E-state index in [0.29, 0.717) is 6.54 Å². The van der Waals surface area contributed by atoms with Gasteiger partial charge in [-0.2, -0.15) is 0 Å². The zero-order chi connectivity index (χ0) is 13.1. The van der Waals surface area contributed by atoms with Crippen LogP contribution >= 0.6 is 0 Å². The number of amides is 2. The molecule has 1 fully saturated rings. The average Bonchev–Trinajstić information content (AvgIpc) is 2.72. The van der Waals surface area contributed by atoms with Gasteiger partial charge in [-0.05, 0) is 19.1 Å². The number of likely N-dealkylation sites (N-methyl/N-ethyl adjacent to an activating group) is 2. The van der Waals surface area contributed by atoms with Crippen LogP contribution in [0.25, 0.3) is 0 Å². The second-order valence-corrected chi connectivity index (χ2v) is 4.12. The summed E-state index contributed by atoms with van der Waals surface area (Å²) in [5.74, 6) is -0.114. The van der Waals surface area contributed by atoms with Gasteiger partial charge in [0.15, 0.2) is 0 Å². The molecular weight excluding hydrogens is 232 g/mol. The van der Waals surface area contributed by atoms with Crippen LogP contribution in [0.1, 0.15) is 6.92 Å². The van der Waals surface area contributed by atoms with Crippen LogP contribution in [-0.4, -0.2) is 43.1 Å². The second-order valence-electron chi connectivity index (χ2n) is 4.12. The fourth-order valence-electron chi connectivity index (χ4n) is 1.98. The zero-order valence-electron chi connectivity index (χ0n) is 10.5. The van der Waals surface area contributed by atoms with Crippen molar-refractivity contribution >= 4 is 17.7 Å². The third-order valence-electron chi connectivity index (χ3n) is 3.06. The molecule has 1 aliphatic rings. The van der Waals surface area contributed by atoms with Crippen LogP contribution in [0.2, 0.25) is 0 Å². The summed E-state index contributed by atoms with van der Waals surface area (Å²) in [6, 6.07) is 8.88. The van der Waals surface area contributed by atoms with Crippen LogP contribution in [0, 0.1) is 0 Å². The van der Waals surface area contributed by atoms with Crippen molar-refractivity contribution in [2.24, 2.45) is 0 Å². The minimum atomic E-state index is -0.530. The minimum absolute atomic E-state index is 0.114. The molecule has 1 aromatic rings. The van der Waals surface area contributed by atoms with Crippen molar-refractivity contribution in [2.75, 3.05) is 25.1 Å². The van der Waals surface area contributed by atoms with Crippen molar-refractivity contribution in [1.82, 2.24) is 4.90 Å². The highest BCUT2D eigenvalue weighted by Gasteiger charge is 2.37. The van der Waals surface area contributed by atoms with Gasteiger partial charge in [-0.25, -0.2) is 4.79 Å². The Kier molecular flexibility index (Phi) is 3.50. The minimum Gasteiger partial charge on any atom is -0.447 e. The number of para-hydroxylation sites is 1. The predicted molar refractivity (Wildman–Crippen MR) is 67.4 cm³/mol. The molecule has 1 saturated heterocycles. The Hall–Kier alpha value is -2.04. The van der Waals surface area contributed by atoms with E-state index in [4.69, 9.17) is 4.74 Å². The van der Waals surface area contributed by atoms with Crippen molar-refractivity contribution < 1.29 is 14.3 Å². The van der Waals surface area contributed by atoms with E-state index in [0.717, 1.165) is 5.69 Å². The Bertz CT molecular complexity index is 447. The summed E-state index contributed by atoms with van der Waals surface area (Å²) in [6.07, 6.45) is -0.447. The maximum Gasteiger partial charge on any atom is 0.410 e. The number of carbonyl (C=O) groups excluding carboxylic acids is 2. The van der Waals surface area contributed by atoms with Crippen molar-refractivity contribution in [3.8, 4) is 0 Å². The smallest absolute Gasteiger partial charge is 0.410 e. The molecule has 5 heteroatoms. The molecule has 0 bridgehead atoms. The topological polar surface area (TPSA) is 49.9 Å². The number of hydrogen-bond donors (Lipinski definition) is 0. The van der Waals surface area contributed by atoms with E-state index in [1.807, 2.05) is 37.3 Å². The van der Waals surface area contributed by atoms with E-state index in [1.54, 1.807) is 11.9 Å². The standard InChI is InChI=1S/C13H16N2O3/c1-3-15(10-7-5-4-6-8-10)12(16)11-9-18-13(17)14(11)2/h4-8,11H,3,9H2,1-2H3. The zero-order valence-corrected chi connectivity index (χ0v) is 10.5. The highest BCUT2D eigenvalue weighted by Crippen LogP contribution is 2.18. The number of rotatable bonds is 3. The molecule has 1 heterocycles. The number of hydrogen-bond acceptors (Lipinski definition) is 3. The van der Waals surface area contributed by atoms with E-state index in [-0.39, 0.29) is 12.5 Å². The number of carbonyl (C=O) groups is 2. The van der Waals surface area contributed by atoms with E-state index >= 15 is 0 Å². The molecule has 5 nitrogen and oxygen atoms in total. The fraction of sp³-hybridized carbons (Fsp3) is 0.385. The average molecular weight is 248 g/mol. The van der Waals surface area contributed by atoms with Gasteiger partial charge in [0.25, 0.3) is 5.91 Å². The third kappa shape index (κ3) is 2.16. The highest BCUT2D eigenvalue weighted by atomic mass is 16.6. The molecule has 1 unspecified atom stereocenters. The molecule has 1 atom stereocenters. The monoisotopic (exact) mass is 248 g/mol. The molecule has 2 rings (SSSR count). The second kappa shape index (κ2) is 5.08. The number of cyclic esters (lactones) is 1. The third-order valence-corrected chi connectivity index (χ3v) is 3.06. The van der Waals surface area contributed by atoms with E-state index in [2.05, 4.69) is 0 Å². The normalized spacial score (nSPS) is 18.7. The maximum absolute atomic E-state index is 12.4. The summed E-state index contributed by atoms with van der Waals surface area (Å²) in [4.78, 5) is 26.7. The fourth-order valence-corrected chi connectivity index (χ4v) is 1.98. The van der Waals surface area contributed by atoms with Crippen LogP contribution < -0.4 is 4.90 Å². The van der Waals surface area contributed by atoms with Crippen LogP contribution in [0.3, 0.4) is 0 Å². The van der Waals surface area contributed by atoms with Crippen LogP contribution in [-0.2, 0) is 9.53 Å². The lowest BCUT2D eigenvalue weighted by molar-refractivity contribution is -0.121. The lowest BCUT2D eigenvalue weighted by atomic mass is 10.2. The molecule has 1 aromatic carbocycles. The first-order valence-electron chi connectivity index (χ1n) is 5.91. The predicted octanol–water partition coefficient (Wildman–Crippen LogP) is 1.49.